The predicted octanol–water partition coefficient (Wildman–Crippen LogP) is 6.23. The van der Waals surface area contributed by atoms with Crippen molar-refractivity contribution in [3.63, 3.8) is 0 Å². The van der Waals surface area contributed by atoms with Gasteiger partial charge >= 0.3 is 0 Å². The molecule has 2 heteroatoms. The third-order valence-corrected chi connectivity index (χ3v) is 4.85. The van der Waals surface area contributed by atoms with E-state index in [1.807, 2.05) is 0 Å². The van der Waals surface area contributed by atoms with Crippen molar-refractivity contribution >= 4 is 0 Å². The van der Waals surface area contributed by atoms with Gasteiger partial charge < -0.3 is 0 Å². The van der Waals surface area contributed by atoms with Crippen LogP contribution in [0.15, 0.2) is 12.4 Å². The molecule has 0 saturated heterocycles. The maximum atomic E-state index is 2.51. The van der Waals surface area contributed by atoms with Gasteiger partial charge in [0.05, 0.1) is 12.6 Å². The molecule has 0 aliphatic heterocycles. The van der Waals surface area contributed by atoms with Gasteiger partial charge in [-0.05, 0) is 33.1 Å². The molecule has 0 aliphatic rings. The number of hydrogen-bond donors (Lipinski definition) is 0. The van der Waals surface area contributed by atoms with Gasteiger partial charge in [0.15, 0.2) is 0 Å². The highest BCUT2D eigenvalue weighted by molar-refractivity contribution is 4.86. The first kappa shape index (κ1) is 20.3. The second kappa shape index (κ2) is 12.6. The summed E-state index contributed by atoms with van der Waals surface area (Å²) in [7, 11) is 0. The van der Waals surface area contributed by atoms with Crippen molar-refractivity contribution in [2.45, 2.75) is 117 Å². The Labute approximate surface area is 145 Å². The maximum absolute atomic E-state index is 2.51. The molecular weight excluding hydrogens is 280 g/mol. The van der Waals surface area contributed by atoms with Crippen LogP contribution in [0.2, 0.25) is 0 Å². The van der Waals surface area contributed by atoms with Crippen molar-refractivity contribution in [2.75, 3.05) is 0 Å². The third-order valence-electron chi connectivity index (χ3n) is 4.85. The molecule has 0 atom stereocenters. The molecule has 1 aromatic heterocycles. The molecule has 0 saturated carbocycles. The van der Waals surface area contributed by atoms with Crippen molar-refractivity contribution in [2.24, 2.45) is 0 Å². The van der Waals surface area contributed by atoms with Crippen LogP contribution in [0, 0.1) is 0 Å². The Morgan fingerprint density at radius 1 is 0.826 bits per heavy atom. The van der Waals surface area contributed by atoms with Crippen molar-refractivity contribution in [3.05, 3.63) is 18.2 Å². The molecule has 23 heavy (non-hydrogen) atoms. The lowest BCUT2D eigenvalue weighted by atomic mass is 10.1. The number of nitrogens with zero attached hydrogens (tertiary/aromatic N) is 2. The summed E-state index contributed by atoms with van der Waals surface area (Å²) in [4.78, 5) is 0. The van der Waals surface area contributed by atoms with Crippen molar-refractivity contribution < 1.29 is 4.57 Å². The Kier molecular flexibility index (Phi) is 11.1. The van der Waals surface area contributed by atoms with Gasteiger partial charge in [0.25, 0.3) is 5.82 Å². The van der Waals surface area contributed by atoms with Crippen LogP contribution in [-0.2, 0) is 13.0 Å². The summed E-state index contributed by atoms with van der Waals surface area (Å²) < 4.78 is 4.99. The smallest absolute Gasteiger partial charge is 0.234 e. The molecule has 0 radical (unpaired) electrons. The molecule has 134 valence electrons. The molecule has 2 nitrogen and oxygen atoms in total. The van der Waals surface area contributed by atoms with Gasteiger partial charge in [-0.2, -0.15) is 0 Å². The van der Waals surface area contributed by atoms with E-state index in [-0.39, 0.29) is 0 Å². The molecule has 1 heterocycles. The van der Waals surface area contributed by atoms with Crippen LogP contribution in [0.4, 0.5) is 0 Å². The van der Waals surface area contributed by atoms with Crippen LogP contribution in [0.1, 0.15) is 110 Å². The quantitative estimate of drug-likeness (QED) is 0.284. The van der Waals surface area contributed by atoms with Crippen molar-refractivity contribution in [3.8, 4) is 0 Å². The fraction of sp³-hybridized carbons (Fsp3) is 0.857. The molecule has 0 aliphatic carbocycles. The highest BCUT2D eigenvalue weighted by atomic mass is 15.2. The van der Waals surface area contributed by atoms with Crippen molar-refractivity contribution in [1.29, 1.82) is 0 Å². The zero-order valence-electron chi connectivity index (χ0n) is 16.3. The normalized spacial score (nSPS) is 11.5. The van der Waals surface area contributed by atoms with E-state index in [2.05, 4.69) is 49.2 Å². The number of aromatic nitrogens is 2. The summed E-state index contributed by atoms with van der Waals surface area (Å²) in [6.07, 6.45) is 21.0. The van der Waals surface area contributed by atoms with E-state index in [1.54, 1.807) is 5.82 Å². The minimum absolute atomic E-state index is 0.575. The third kappa shape index (κ3) is 8.04. The standard InChI is InChI=1S/C21H41N2/c1-5-7-9-10-11-12-13-14-16-21-22(17-15-8-6-2)18-19-23(21)20(3)4/h18-20H,5-17H2,1-4H3/q+1. The number of rotatable bonds is 14. The molecule has 0 fully saturated rings. The van der Waals surface area contributed by atoms with Crippen LogP contribution < -0.4 is 4.57 Å². The fourth-order valence-corrected chi connectivity index (χ4v) is 3.37. The van der Waals surface area contributed by atoms with E-state index in [0.29, 0.717) is 6.04 Å². The average molecular weight is 322 g/mol. The van der Waals surface area contributed by atoms with E-state index >= 15 is 0 Å². The van der Waals surface area contributed by atoms with E-state index in [1.165, 1.54) is 83.6 Å². The molecule has 1 rings (SSSR count). The van der Waals surface area contributed by atoms with Gasteiger partial charge in [-0.25, -0.2) is 9.13 Å². The maximum Gasteiger partial charge on any atom is 0.256 e. The largest absolute Gasteiger partial charge is 0.256 e. The first-order valence-electron chi connectivity index (χ1n) is 10.3. The van der Waals surface area contributed by atoms with E-state index in [4.69, 9.17) is 0 Å². The van der Waals surface area contributed by atoms with Gasteiger partial charge in [0, 0.05) is 6.42 Å². The first-order valence-corrected chi connectivity index (χ1v) is 10.3. The van der Waals surface area contributed by atoms with Gasteiger partial charge in [-0.3, -0.25) is 0 Å². The van der Waals surface area contributed by atoms with Crippen molar-refractivity contribution in [1.82, 2.24) is 4.57 Å². The number of imidazole rings is 1. The molecule has 0 N–H and O–H groups in total. The van der Waals surface area contributed by atoms with E-state index in [0.717, 1.165) is 0 Å². The summed E-state index contributed by atoms with van der Waals surface area (Å²) >= 11 is 0. The summed E-state index contributed by atoms with van der Waals surface area (Å²) in [5, 5.41) is 0. The lowest BCUT2D eigenvalue weighted by Gasteiger charge is -2.08. The lowest BCUT2D eigenvalue weighted by molar-refractivity contribution is -0.704. The molecule has 0 amide bonds. The molecule has 0 spiro atoms. The van der Waals surface area contributed by atoms with Gasteiger partial charge in [0.2, 0.25) is 0 Å². The first-order chi connectivity index (χ1) is 11.2. The molecular formula is C21H41N2+. The Morgan fingerprint density at radius 2 is 1.39 bits per heavy atom. The topological polar surface area (TPSA) is 8.81 Å². The van der Waals surface area contributed by atoms with Crippen LogP contribution in [0.3, 0.4) is 0 Å². The lowest BCUT2D eigenvalue weighted by Crippen LogP contribution is -2.37. The number of unbranched alkanes of at least 4 members (excludes halogenated alkanes) is 9. The Bertz CT molecular complexity index is 393. The fourth-order valence-electron chi connectivity index (χ4n) is 3.37. The molecule has 0 unspecified atom stereocenters. The van der Waals surface area contributed by atoms with Crippen LogP contribution >= 0.6 is 0 Å². The summed E-state index contributed by atoms with van der Waals surface area (Å²) in [6.45, 7) is 10.4. The monoisotopic (exact) mass is 321 g/mol. The summed E-state index contributed by atoms with van der Waals surface area (Å²) in [6, 6.07) is 0.575. The van der Waals surface area contributed by atoms with E-state index < -0.39 is 0 Å². The van der Waals surface area contributed by atoms with Crippen LogP contribution in [0.25, 0.3) is 0 Å². The van der Waals surface area contributed by atoms with Crippen LogP contribution in [-0.4, -0.2) is 4.57 Å². The second-order valence-electron chi connectivity index (χ2n) is 7.34. The van der Waals surface area contributed by atoms with Gasteiger partial charge in [-0.15, -0.1) is 0 Å². The van der Waals surface area contributed by atoms with Gasteiger partial charge in [0.1, 0.15) is 12.4 Å². The molecule has 1 aromatic rings. The summed E-state index contributed by atoms with van der Waals surface area (Å²) in [5.41, 5.74) is 0. The minimum atomic E-state index is 0.575. The highest BCUT2D eigenvalue weighted by Gasteiger charge is 2.18. The Balaban J connectivity index is 2.36. The Morgan fingerprint density at radius 3 is 2.00 bits per heavy atom. The zero-order chi connectivity index (χ0) is 16.9. The predicted molar refractivity (Wildman–Crippen MR) is 101 cm³/mol. The van der Waals surface area contributed by atoms with E-state index in [9.17, 15) is 0 Å². The Hall–Kier alpha value is -0.790. The zero-order valence-corrected chi connectivity index (χ0v) is 16.3. The minimum Gasteiger partial charge on any atom is -0.234 e. The molecule has 0 bridgehead atoms. The SMILES string of the molecule is CCCCCCCCCCc1n(C(C)C)cc[n+]1CCCCC. The summed E-state index contributed by atoms with van der Waals surface area (Å²) in [5.74, 6) is 1.54. The second-order valence-corrected chi connectivity index (χ2v) is 7.34. The highest BCUT2D eigenvalue weighted by Crippen LogP contribution is 2.13. The number of hydrogen-bond acceptors (Lipinski definition) is 0. The average Bonchev–Trinajstić information content (AvgIpc) is 2.93. The number of aryl methyl sites for hydroxylation is 1. The van der Waals surface area contributed by atoms with Gasteiger partial charge in [-0.1, -0.05) is 65.2 Å². The van der Waals surface area contributed by atoms with Crippen LogP contribution in [0.5, 0.6) is 0 Å². The molecule has 0 aromatic carbocycles.